The molecule has 0 aliphatic carbocycles. The molecule has 0 aromatic heterocycles. The average Bonchev–Trinajstić information content (AvgIpc) is 2.84. The monoisotopic (exact) mass is 436 g/mol. The molecular weight excluding hydrogens is 408 g/mol. The molecule has 4 heteroatoms. The first-order chi connectivity index (χ1) is 16.1. The fraction of sp³-hybridized carbons (Fsp3) is 0.172. The molecule has 4 aromatic carbocycles. The van der Waals surface area contributed by atoms with Gasteiger partial charge in [-0.1, -0.05) is 72.8 Å². The van der Waals surface area contributed by atoms with E-state index in [0.29, 0.717) is 17.7 Å². The van der Waals surface area contributed by atoms with Crippen LogP contribution in [0, 0.1) is 0 Å². The summed E-state index contributed by atoms with van der Waals surface area (Å²) in [6, 6.07) is 31.4. The largest absolute Gasteiger partial charge is 0.350 e. The molecule has 0 spiro atoms. The molecule has 33 heavy (non-hydrogen) atoms. The van der Waals surface area contributed by atoms with Gasteiger partial charge in [0.05, 0.1) is 6.42 Å². The van der Waals surface area contributed by atoms with Gasteiger partial charge in [-0.05, 0) is 65.9 Å². The summed E-state index contributed by atoms with van der Waals surface area (Å²) in [5, 5.41) is 8.19. The van der Waals surface area contributed by atoms with Gasteiger partial charge in [-0.2, -0.15) is 0 Å². The van der Waals surface area contributed by atoms with Gasteiger partial charge in [-0.15, -0.1) is 0 Å². The van der Waals surface area contributed by atoms with Crippen molar-refractivity contribution < 1.29 is 9.59 Å². The average molecular weight is 437 g/mol. The van der Waals surface area contributed by atoms with E-state index in [0.717, 1.165) is 29.2 Å². The second kappa shape index (κ2) is 10.6. The number of carbonyl (C=O) groups excluding carboxylic acids is 2. The van der Waals surface area contributed by atoms with Crippen molar-refractivity contribution in [1.29, 1.82) is 0 Å². The molecule has 0 aliphatic heterocycles. The van der Waals surface area contributed by atoms with Crippen LogP contribution in [0.15, 0.2) is 97.1 Å². The van der Waals surface area contributed by atoms with Crippen LogP contribution < -0.4 is 10.6 Å². The van der Waals surface area contributed by atoms with Crippen molar-refractivity contribution >= 4 is 28.3 Å². The molecule has 0 radical (unpaired) electrons. The first-order valence-electron chi connectivity index (χ1n) is 11.3. The first kappa shape index (κ1) is 22.3. The first-order valence-corrected chi connectivity index (χ1v) is 11.3. The summed E-state index contributed by atoms with van der Waals surface area (Å²) in [6.07, 6.45) is 2.09. The Morgan fingerprint density at radius 2 is 1.48 bits per heavy atom. The highest BCUT2D eigenvalue weighted by molar-refractivity contribution is 5.97. The highest BCUT2D eigenvalue weighted by atomic mass is 16.2. The highest BCUT2D eigenvalue weighted by Gasteiger charge is 2.11. The van der Waals surface area contributed by atoms with Gasteiger partial charge in [0.1, 0.15) is 0 Å². The summed E-state index contributed by atoms with van der Waals surface area (Å²) < 4.78 is 0. The van der Waals surface area contributed by atoms with E-state index in [9.17, 15) is 9.59 Å². The molecular formula is C29H28N2O2. The number of aryl methyl sites for hydroxylation is 1. The van der Waals surface area contributed by atoms with E-state index in [1.54, 1.807) is 24.3 Å². The second-order valence-corrected chi connectivity index (χ2v) is 8.34. The predicted molar refractivity (Wildman–Crippen MR) is 134 cm³/mol. The number of amides is 2. The SMILES string of the molecule is CC(CCc1ccccc1)NC(=O)c1ccc(NC(=O)Cc2cccc3ccccc23)cc1. The van der Waals surface area contributed by atoms with Crippen molar-refractivity contribution in [2.75, 3.05) is 5.32 Å². The summed E-state index contributed by atoms with van der Waals surface area (Å²) in [5.74, 6) is -0.192. The minimum Gasteiger partial charge on any atom is -0.350 e. The van der Waals surface area contributed by atoms with Crippen molar-refractivity contribution in [3.63, 3.8) is 0 Å². The van der Waals surface area contributed by atoms with Crippen LogP contribution in [-0.4, -0.2) is 17.9 Å². The third kappa shape index (κ3) is 6.07. The van der Waals surface area contributed by atoms with E-state index in [1.165, 1.54) is 5.56 Å². The van der Waals surface area contributed by atoms with Gasteiger partial charge in [0.15, 0.2) is 0 Å². The van der Waals surface area contributed by atoms with Crippen LogP contribution in [-0.2, 0) is 17.6 Å². The Kier molecular flexibility index (Phi) is 7.16. The predicted octanol–water partition coefficient (Wildman–Crippen LogP) is 5.77. The standard InChI is InChI=1S/C29H28N2O2/c1-21(14-15-22-8-3-2-4-9-22)30-29(33)24-16-18-26(19-17-24)31-28(32)20-25-12-7-11-23-10-5-6-13-27(23)25/h2-13,16-19,21H,14-15,20H2,1H3,(H,30,33)(H,31,32). The maximum absolute atomic E-state index is 12.6. The van der Waals surface area contributed by atoms with E-state index in [2.05, 4.69) is 22.8 Å². The van der Waals surface area contributed by atoms with Gasteiger partial charge < -0.3 is 10.6 Å². The number of hydrogen-bond donors (Lipinski definition) is 2. The lowest BCUT2D eigenvalue weighted by atomic mass is 10.0. The van der Waals surface area contributed by atoms with Crippen LogP contribution >= 0.6 is 0 Å². The maximum atomic E-state index is 12.6. The summed E-state index contributed by atoms with van der Waals surface area (Å²) in [4.78, 5) is 25.2. The lowest BCUT2D eigenvalue weighted by Gasteiger charge is -2.14. The highest BCUT2D eigenvalue weighted by Crippen LogP contribution is 2.19. The Labute approximate surface area is 194 Å². The van der Waals surface area contributed by atoms with Gasteiger partial charge in [0.2, 0.25) is 5.91 Å². The molecule has 2 amide bonds. The van der Waals surface area contributed by atoms with E-state index >= 15 is 0 Å². The molecule has 0 saturated carbocycles. The molecule has 166 valence electrons. The minimum atomic E-state index is -0.107. The Bertz CT molecular complexity index is 1230. The lowest BCUT2D eigenvalue weighted by molar-refractivity contribution is -0.115. The minimum absolute atomic E-state index is 0.0674. The summed E-state index contributed by atoms with van der Waals surface area (Å²) >= 11 is 0. The van der Waals surface area contributed by atoms with Crippen LogP contribution in [0.1, 0.15) is 34.8 Å². The molecule has 4 nitrogen and oxygen atoms in total. The summed E-state index contributed by atoms with van der Waals surface area (Å²) in [5.41, 5.74) is 3.51. The van der Waals surface area contributed by atoms with Gasteiger partial charge >= 0.3 is 0 Å². The molecule has 0 heterocycles. The van der Waals surface area contributed by atoms with Crippen LogP contribution in [0.4, 0.5) is 5.69 Å². The lowest BCUT2D eigenvalue weighted by Crippen LogP contribution is -2.32. The zero-order valence-electron chi connectivity index (χ0n) is 18.8. The van der Waals surface area contributed by atoms with E-state index < -0.39 is 0 Å². The Balaban J connectivity index is 1.30. The van der Waals surface area contributed by atoms with Gasteiger partial charge in [-0.25, -0.2) is 0 Å². The number of anilines is 1. The Morgan fingerprint density at radius 3 is 2.27 bits per heavy atom. The van der Waals surface area contributed by atoms with Gasteiger partial charge in [-0.3, -0.25) is 9.59 Å². The van der Waals surface area contributed by atoms with Crippen molar-refractivity contribution in [3.05, 3.63) is 114 Å². The fourth-order valence-electron chi connectivity index (χ4n) is 3.94. The number of nitrogens with one attached hydrogen (secondary N) is 2. The van der Waals surface area contributed by atoms with E-state index in [4.69, 9.17) is 0 Å². The van der Waals surface area contributed by atoms with Crippen molar-refractivity contribution in [2.45, 2.75) is 32.2 Å². The van der Waals surface area contributed by atoms with E-state index in [-0.39, 0.29) is 17.9 Å². The van der Waals surface area contributed by atoms with Gasteiger partial charge in [0.25, 0.3) is 5.91 Å². The van der Waals surface area contributed by atoms with Crippen LogP contribution in [0.2, 0.25) is 0 Å². The molecule has 4 rings (SSSR count). The third-order valence-corrected chi connectivity index (χ3v) is 5.75. The van der Waals surface area contributed by atoms with Crippen molar-refractivity contribution in [2.24, 2.45) is 0 Å². The Morgan fingerprint density at radius 1 is 0.788 bits per heavy atom. The number of carbonyl (C=O) groups is 2. The zero-order valence-corrected chi connectivity index (χ0v) is 18.8. The summed E-state index contributed by atoms with van der Waals surface area (Å²) in [6.45, 7) is 2.02. The Hall–Kier alpha value is -3.92. The topological polar surface area (TPSA) is 58.2 Å². The third-order valence-electron chi connectivity index (χ3n) is 5.75. The van der Waals surface area contributed by atoms with Crippen LogP contribution in [0.3, 0.4) is 0 Å². The van der Waals surface area contributed by atoms with Crippen molar-refractivity contribution in [3.8, 4) is 0 Å². The molecule has 0 fully saturated rings. The molecule has 2 N–H and O–H groups in total. The normalized spacial score (nSPS) is 11.7. The number of benzene rings is 4. The molecule has 0 bridgehead atoms. The molecule has 0 aliphatic rings. The maximum Gasteiger partial charge on any atom is 0.251 e. The molecule has 0 saturated heterocycles. The number of fused-ring (bicyclic) bond motifs is 1. The van der Waals surface area contributed by atoms with E-state index in [1.807, 2.05) is 67.6 Å². The van der Waals surface area contributed by atoms with Gasteiger partial charge in [0, 0.05) is 17.3 Å². The number of rotatable bonds is 8. The van der Waals surface area contributed by atoms with Crippen LogP contribution in [0.5, 0.6) is 0 Å². The molecule has 4 aromatic rings. The second-order valence-electron chi connectivity index (χ2n) is 8.34. The molecule has 1 unspecified atom stereocenters. The van der Waals surface area contributed by atoms with Crippen LogP contribution in [0.25, 0.3) is 10.8 Å². The fourth-order valence-corrected chi connectivity index (χ4v) is 3.94. The molecule has 1 atom stereocenters. The quantitative estimate of drug-likeness (QED) is 0.368. The zero-order chi connectivity index (χ0) is 23.0. The van der Waals surface area contributed by atoms with Crippen molar-refractivity contribution in [1.82, 2.24) is 5.32 Å². The summed E-state index contributed by atoms with van der Waals surface area (Å²) in [7, 11) is 0. The number of hydrogen-bond acceptors (Lipinski definition) is 2. The smallest absolute Gasteiger partial charge is 0.251 e.